The predicted octanol–water partition coefficient (Wildman–Crippen LogP) is 1.85. The van der Waals surface area contributed by atoms with Gasteiger partial charge in [0.2, 0.25) is 0 Å². The van der Waals surface area contributed by atoms with Crippen LogP contribution in [0.4, 0.5) is 0 Å². The van der Waals surface area contributed by atoms with Crippen molar-refractivity contribution in [3.63, 3.8) is 0 Å². The first kappa shape index (κ1) is 11.5. The van der Waals surface area contributed by atoms with Gasteiger partial charge in [-0.15, -0.1) is 0 Å². The van der Waals surface area contributed by atoms with Gasteiger partial charge >= 0.3 is 5.97 Å². The molecule has 1 aromatic carbocycles. The van der Waals surface area contributed by atoms with Crippen molar-refractivity contribution >= 4 is 17.7 Å². The van der Waals surface area contributed by atoms with Crippen LogP contribution < -0.4 is 5.32 Å². The zero-order valence-corrected chi connectivity index (χ0v) is 10.0. The van der Waals surface area contributed by atoms with E-state index in [9.17, 15) is 4.79 Å². The Bertz CT molecular complexity index is 375. The molecule has 2 rings (SSSR count). The number of carbonyl (C=O) groups is 1. The molecule has 16 heavy (non-hydrogen) atoms. The first-order valence-electron chi connectivity index (χ1n) is 5.30. The van der Waals surface area contributed by atoms with Crippen molar-refractivity contribution < 1.29 is 9.53 Å². The molecule has 0 saturated carbocycles. The van der Waals surface area contributed by atoms with Crippen molar-refractivity contribution in [2.24, 2.45) is 0 Å². The number of nitrogens with one attached hydrogen (secondary N) is 1. The fraction of sp³-hybridized carbons (Fsp3) is 0.417. The minimum Gasteiger partial charge on any atom is -0.465 e. The molecule has 1 aliphatic heterocycles. The molecule has 3 nitrogen and oxygen atoms in total. The summed E-state index contributed by atoms with van der Waals surface area (Å²) < 4.78 is 4.71. The third-order valence-corrected chi connectivity index (χ3v) is 3.69. The molecule has 4 heteroatoms. The Labute approximate surface area is 99.6 Å². The molecule has 0 radical (unpaired) electrons. The van der Waals surface area contributed by atoms with Gasteiger partial charge in [0.1, 0.15) is 0 Å². The molecule has 1 aromatic rings. The van der Waals surface area contributed by atoms with E-state index in [1.807, 2.05) is 23.9 Å². The molecule has 0 spiro atoms. The van der Waals surface area contributed by atoms with E-state index in [2.05, 4.69) is 11.4 Å². The number of esters is 1. The summed E-state index contributed by atoms with van der Waals surface area (Å²) in [6.45, 7) is 1.03. The fourth-order valence-corrected chi connectivity index (χ4v) is 2.75. The Hall–Kier alpha value is -1.00. The van der Waals surface area contributed by atoms with E-state index in [0.29, 0.717) is 11.6 Å². The second-order valence-corrected chi connectivity index (χ2v) is 4.85. The normalized spacial score (nSPS) is 20.4. The molecular weight excluding hydrogens is 222 g/mol. The number of ether oxygens (including phenoxy) is 1. The molecular formula is C12H15NO2S. The minimum atomic E-state index is -0.273. The van der Waals surface area contributed by atoms with Crippen molar-refractivity contribution in [2.75, 3.05) is 25.2 Å². The summed E-state index contributed by atoms with van der Waals surface area (Å²) in [4.78, 5) is 11.4. The van der Waals surface area contributed by atoms with Gasteiger partial charge in [-0.25, -0.2) is 4.79 Å². The molecule has 1 aliphatic rings. The maximum atomic E-state index is 11.4. The molecule has 1 fully saturated rings. The SMILES string of the molecule is COC(=O)c1cccc(C2CSCCN2)c1. The van der Waals surface area contributed by atoms with E-state index in [1.54, 1.807) is 6.07 Å². The van der Waals surface area contributed by atoms with Crippen LogP contribution in [-0.4, -0.2) is 31.1 Å². The van der Waals surface area contributed by atoms with Gasteiger partial charge in [0.15, 0.2) is 0 Å². The third kappa shape index (κ3) is 2.57. The van der Waals surface area contributed by atoms with Gasteiger partial charge < -0.3 is 10.1 Å². The topological polar surface area (TPSA) is 38.3 Å². The van der Waals surface area contributed by atoms with Crippen LogP contribution in [0.15, 0.2) is 24.3 Å². The average Bonchev–Trinajstić information content (AvgIpc) is 2.39. The molecule has 0 bridgehead atoms. The highest BCUT2D eigenvalue weighted by Crippen LogP contribution is 2.22. The van der Waals surface area contributed by atoms with Gasteiger partial charge in [-0.3, -0.25) is 0 Å². The second-order valence-electron chi connectivity index (χ2n) is 3.70. The smallest absolute Gasteiger partial charge is 0.337 e. The van der Waals surface area contributed by atoms with Crippen molar-refractivity contribution in [3.8, 4) is 0 Å². The van der Waals surface area contributed by atoms with Crippen LogP contribution in [0.3, 0.4) is 0 Å². The van der Waals surface area contributed by atoms with Gasteiger partial charge in [-0.05, 0) is 17.7 Å². The van der Waals surface area contributed by atoms with Crippen LogP contribution in [0.2, 0.25) is 0 Å². The van der Waals surface area contributed by atoms with Crippen LogP contribution in [0.25, 0.3) is 0 Å². The monoisotopic (exact) mass is 237 g/mol. The number of thioether (sulfide) groups is 1. The Morgan fingerprint density at radius 2 is 2.44 bits per heavy atom. The Morgan fingerprint density at radius 1 is 1.56 bits per heavy atom. The molecule has 1 N–H and O–H groups in total. The largest absolute Gasteiger partial charge is 0.465 e. The second kappa shape index (κ2) is 5.37. The summed E-state index contributed by atoms with van der Waals surface area (Å²) in [6, 6.07) is 8.00. The van der Waals surface area contributed by atoms with Crippen LogP contribution in [0.5, 0.6) is 0 Å². The third-order valence-electron chi connectivity index (χ3n) is 2.63. The van der Waals surface area contributed by atoms with E-state index in [0.717, 1.165) is 23.6 Å². The van der Waals surface area contributed by atoms with Crippen molar-refractivity contribution in [2.45, 2.75) is 6.04 Å². The van der Waals surface area contributed by atoms with Crippen molar-refractivity contribution in [3.05, 3.63) is 35.4 Å². The van der Waals surface area contributed by atoms with Crippen molar-refractivity contribution in [1.29, 1.82) is 0 Å². The van der Waals surface area contributed by atoms with E-state index < -0.39 is 0 Å². The number of rotatable bonds is 2. The number of hydrogen-bond acceptors (Lipinski definition) is 4. The highest BCUT2D eigenvalue weighted by atomic mass is 32.2. The van der Waals surface area contributed by atoms with Gasteiger partial charge in [0.25, 0.3) is 0 Å². The summed E-state index contributed by atoms with van der Waals surface area (Å²) in [6.07, 6.45) is 0. The summed E-state index contributed by atoms with van der Waals surface area (Å²) >= 11 is 1.94. The summed E-state index contributed by atoms with van der Waals surface area (Å²) in [7, 11) is 1.41. The Morgan fingerprint density at radius 3 is 3.12 bits per heavy atom. The molecule has 0 aromatic heterocycles. The standard InChI is InChI=1S/C12H15NO2S/c1-15-12(14)10-4-2-3-9(7-10)11-8-16-6-5-13-11/h2-4,7,11,13H,5-6,8H2,1H3. The van der Waals surface area contributed by atoms with Gasteiger partial charge in [-0.2, -0.15) is 11.8 Å². The van der Waals surface area contributed by atoms with E-state index in [1.165, 1.54) is 7.11 Å². The predicted molar refractivity (Wildman–Crippen MR) is 65.9 cm³/mol. The Kier molecular flexibility index (Phi) is 3.85. The summed E-state index contributed by atoms with van der Waals surface area (Å²) in [5.74, 6) is 1.95. The molecule has 86 valence electrons. The summed E-state index contributed by atoms with van der Waals surface area (Å²) in [5, 5.41) is 3.45. The molecule has 1 unspecified atom stereocenters. The number of carbonyl (C=O) groups excluding carboxylic acids is 1. The molecule has 0 amide bonds. The highest BCUT2D eigenvalue weighted by Gasteiger charge is 2.16. The summed E-state index contributed by atoms with van der Waals surface area (Å²) in [5.41, 5.74) is 1.78. The molecule has 1 heterocycles. The first-order chi connectivity index (χ1) is 7.81. The lowest BCUT2D eigenvalue weighted by atomic mass is 10.1. The van der Waals surface area contributed by atoms with Gasteiger partial charge in [0, 0.05) is 24.1 Å². The fourth-order valence-electron chi connectivity index (χ4n) is 1.78. The number of hydrogen-bond donors (Lipinski definition) is 1. The molecule has 1 saturated heterocycles. The van der Waals surface area contributed by atoms with E-state index in [4.69, 9.17) is 4.74 Å². The van der Waals surface area contributed by atoms with Gasteiger partial charge in [-0.1, -0.05) is 12.1 Å². The quantitative estimate of drug-likeness (QED) is 0.797. The van der Waals surface area contributed by atoms with Gasteiger partial charge in [0.05, 0.1) is 12.7 Å². The molecule has 1 atom stereocenters. The van der Waals surface area contributed by atoms with Crippen LogP contribution in [0.1, 0.15) is 22.0 Å². The maximum absolute atomic E-state index is 11.4. The zero-order valence-electron chi connectivity index (χ0n) is 9.23. The Balaban J connectivity index is 2.17. The van der Waals surface area contributed by atoms with Crippen LogP contribution in [-0.2, 0) is 4.74 Å². The number of benzene rings is 1. The van der Waals surface area contributed by atoms with E-state index in [-0.39, 0.29) is 5.97 Å². The average molecular weight is 237 g/mol. The zero-order chi connectivity index (χ0) is 11.4. The molecule has 0 aliphatic carbocycles. The maximum Gasteiger partial charge on any atom is 0.337 e. The lowest BCUT2D eigenvalue weighted by molar-refractivity contribution is 0.0600. The van der Waals surface area contributed by atoms with E-state index >= 15 is 0 Å². The van der Waals surface area contributed by atoms with Crippen LogP contribution >= 0.6 is 11.8 Å². The first-order valence-corrected chi connectivity index (χ1v) is 6.46. The van der Waals surface area contributed by atoms with Crippen molar-refractivity contribution in [1.82, 2.24) is 5.32 Å². The highest BCUT2D eigenvalue weighted by molar-refractivity contribution is 7.99. The minimum absolute atomic E-state index is 0.273. The number of methoxy groups -OCH3 is 1. The van der Waals surface area contributed by atoms with Crippen LogP contribution in [0, 0.1) is 0 Å². The lowest BCUT2D eigenvalue weighted by Crippen LogP contribution is -2.30. The lowest BCUT2D eigenvalue weighted by Gasteiger charge is -2.23.